The van der Waals surface area contributed by atoms with Crippen LogP contribution in [0, 0.1) is 6.92 Å². The highest BCUT2D eigenvalue weighted by atomic mass is 19.4. The van der Waals surface area contributed by atoms with Crippen LogP contribution in [0.4, 0.5) is 13.2 Å². The molecule has 6 heteroatoms. The second-order valence-electron chi connectivity index (χ2n) is 4.29. The Hall–Kier alpha value is -2.37. The number of benzene rings is 1. The Bertz CT molecular complexity index is 666. The van der Waals surface area contributed by atoms with Crippen LogP contribution in [0.25, 0.3) is 11.1 Å². The van der Waals surface area contributed by atoms with E-state index in [2.05, 4.69) is 4.98 Å². The molecule has 0 saturated heterocycles. The number of rotatable bonds is 2. The third-order valence-electron chi connectivity index (χ3n) is 2.86. The third kappa shape index (κ3) is 2.79. The van der Waals surface area contributed by atoms with E-state index in [0.29, 0.717) is 11.6 Å². The first-order valence-electron chi connectivity index (χ1n) is 5.65. The van der Waals surface area contributed by atoms with Gasteiger partial charge in [0.15, 0.2) is 0 Å². The minimum absolute atomic E-state index is 0.183. The average molecular weight is 281 g/mol. The van der Waals surface area contributed by atoms with Gasteiger partial charge in [-0.15, -0.1) is 0 Å². The molecule has 0 radical (unpaired) electrons. The lowest BCUT2D eigenvalue weighted by Crippen LogP contribution is -2.08. The number of hydrogen-bond donors (Lipinski definition) is 1. The number of halogens is 3. The number of carboxylic acids is 1. The molecule has 0 unspecified atom stereocenters. The van der Waals surface area contributed by atoms with Crippen LogP contribution in [0.2, 0.25) is 0 Å². The fourth-order valence-corrected chi connectivity index (χ4v) is 1.84. The lowest BCUT2D eigenvalue weighted by molar-refractivity contribution is -0.137. The van der Waals surface area contributed by atoms with Gasteiger partial charge >= 0.3 is 12.1 Å². The Balaban J connectivity index is 2.68. The van der Waals surface area contributed by atoms with Gasteiger partial charge in [0.05, 0.1) is 11.1 Å². The molecular weight excluding hydrogens is 271 g/mol. The molecule has 1 aromatic carbocycles. The summed E-state index contributed by atoms with van der Waals surface area (Å²) in [7, 11) is 0. The maximum absolute atomic E-state index is 12.8. The highest BCUT2D eigenvalue weighted by Gasteiger charge is 2.32. The van der Waals surface area contributed by atoms with E-state index in [1.54, 1.807) is 13.0 Å². The number of nitrogens with zero attached hydrogens (tertiary/aromatic N) is 1. The molecule has 1 heterocycles. The van der Waals surface area contributed by atoms with Crippen molar-refractivity contribution in [2.24, 2.45) is 0 Å². The predicted molar refractivity (Wildman–Crippen MR) is 66.4 cm³/mol. The van der Waals surface area contributed by atoms with Crippen LogP contribution in [0.15, 0.2) is 36.7 Å². The minimum Gasteiger partial charge on any atom is -0.478 e. The molecule has 0 fully saturated rings. The summed E-state index contributed by atoms with van der Waals surface area (Å²) in [5.41, 5.74) is -0.0201. The standard InChI is InChI=1S/C14H10F3NO2/c1-8-2-3-18-7-12(8)9-4-10(13(19)20)6-11(5-9)14(15,16)17/h2-7H,1H3,(H,19,20). The number of carboxylic acid groups (broad SMARTS) is 1. The number of aromatic carboxylic acids is 1. The van der Waals surface area contributed by atoms with E-state index in [1.165, 1.54) is 18.5 Å². The number of pyridine rings is 1. The van der Waals surface area contributed by atoms with Crippen molar-refractivity contribution in [3.63, 3.8) is 0 Å². The second-order valence-corrected chi connectivity index (χ2v) is 4.29. The van der Waals surface area contributed by atoms with Crippen molar-refractivity contribution in [3.8, 4) is 11.1 Å². The molecule has 2 aromatic rings. The maximum Gasteiger partial charge on any atom is 0.416 e. The van der Waals surface area contributed by atoms with Crippen LogP contribution >= 0.6 is 0 Å². The molecule has 0 spiro atoms. The summed E-state index contributed by atoms with van der Waals surface area (Å²) in [6.07, 6.45) is -1.67. The zero-order valence-electron chi connectivity index (χ0n) is 10.4. The third-order valence-corrected chi connectivity index (χ3v) is 2.86. The maximum atomic E-state index is 12.8. The van der Waals surface area contributed by atoms with Gasteiger partial charge in [-0.2, -0.15) is 13.2 Å². The van der Waals surface area contributed by atoms with E-state index >= 15 is 0 Å². The van der Waals surface area contributed by atoms with Crippen LogP contribution in [-0.4, -0.2) is 16.1 Å². The molecule has 0 aliphatic heterocycles. The summed E-state index contributed by atoms with van der Waals surface area (Å²) in [5, 5.41) is 8.93. The van der Waals surface area contributed by atoms with Crippen LogP contribution < -0.4 is 0 Å². The monoisotopic (exact) mass is 281 g/mol. The number of alkyl halides is 3. The molecular formula is C14H10F3NO2. The quantitative estimate of drug-likeness (QED) is 0.911. The van der Waals surface area contributed by atoms with Gasteiger partial charge in [0.2, 0.25) is 0 Å². The van der Waals surface area contributed by atoms with Crippen LogP contribution in [0.1, 0.15) is 21.5 Å². The molecule has 0 amide bonds. The van der Waals surface area contributed by atoms with Gasteiger partial charge in [-0.25, -0.2) is 4.79 Å². The smallest absolute Gasteiger partial charge is 0.416 e. The predicted octanol–water partition coefficient (Wildman–Crippen LogP) is 3.77. The largest absolute Gasteiger partial charge is 0.478 e. The summed E-state index contributed by atoms with van der Waals surface area (Å²) >= 11 is 0. The summed E-state index contributed by atoms with van der Waals surface area (Å²) in [5.74, 6) is -1.40. The van der Waals surface area contributed by atoms with E-state index in [1.807, 2.05) is 0 Å². The molecule has 0 atom stereocenters. The summed E-state index contributed by atoms with van der Waals surface area (Å²) in [6, 6.07) is 4.41. The fourth-order valence-electron chi connectivity index (χ4n) is 1.84. The number of aromatic nitrogens is 1. The normalized spacial score (nSPS) is 11.4. The molecule has 3 nitrogen and oxygen atoms in total. The fraction of sp³-hybridized carbons (Fsp3) is 0.143. The van der Waals surface area contributed by atoms with Gasteiger partial charge in [-0.05, 0) is 42.3 Å². The zero-order valence-corrected chi connectivity index (χ0v) is 10.4. The summed E-state index contributed by atoms with van der Waals surface area (Å²) in [6.45, 7) is 1.72. The molecule has 2 rings (SSSR count). The van der Waals surface area contributed by atoms with Crippen LogP contribution in [0.3, 0.4) is 0 Å². The molecule has 0 bridgehead atoms. The van der Waals surface area contributed by atoms with Gasteiger partial charge in [0, 0.05) is 18.0 Å². The second kappa shape index (κ2) is 4.96. The van der Waals surface area contributed by atoms with Crippen molar-refractivity contribution in [2.45, 2.75) is 13.1 Å². The van der Waals surface area contributed by atoms with E-state index in [4.69, 9.17) is 5.11 Å². The highest BCUT2D eigenvalue weighted by molar-refractivity contribution is 5.90. The first-order valence-corrected chi connectivity index (χ1v) is 5.65. The van der Waals surface area contributed by atoms with Crippen LogP contribution in [-0.2, 0) is 6.18 Å². The Kier molecular flexibility index (Phi) is 3.48. The molecule has 0 aliphatic rings. The molecule has 20 heavy (non-hydrogen) atoms. The Morgan fingerprint density at radius 3 is 2.50 bits per heavy atom. The van der Waals surface area contributed by atoms with Gasteiger partial charge in [-0.1, -0.05) is 0 Å². The summed E-state index contributed by atoms with van der Waals surface area (Å²) in [4.78, 5) is 14.8. The average Bonchev–Trinajstić information content (AvgIpc) is 2.37. The topological polar surface area (TPSA) is 50.2 Å². The van der Waals surface area contributed by atoms with Crippen LogP contribution in [0.5, 0.6) is 0 Å². The Morgan fingerprint density at radius 1 is 1.25 bits per heavy atom. The zero-order chi connectivity index (χ0) is 14.9. The van der Waals surface area contributed by atoms with E-state index in [9.17, 15) is 18.0 Å². The van der Waals surface area contributed by atoms with E-state index in [-0.39, 0.29) is 5.56 Å². The van der Waals surface area contributed by atoms with Crippen molar-refractivity contribution in [3.05, 3.63) is 53.3 Å². The van der Waals surface area contributed by atoms with E-state index in [0.717, 1.165) is 11.6 Å². The van der Waals surface area contributed by atoms with Crippen molar-refractivity contribution in [1.82, 2.24) is 4.98 Å². The van der Waals surface area contributed by atoms with Gasteiger partial charge < -0.3 is 5.11 Å². The molecule has 1 N–H and O–H groups in total. The van der Waals surface area contributed by atoms with Crippen molar-refractivity contribution < 1.29 is 23.1 Å². The SMILES string of the molecule is Cc1ccncc1-c1cc(C(=O)O)cc(C(F)(F)F)c1. The summed E-state index contributed by atoms with van der Waals surface area (Å²) < 4.78 is 38.5. The van der Waals surface area contributed by atoms with E-state index < -0.39 is 23.3 Å². The van der Waals surface area contributed by atoms with Crippen molar-refractivity contribution >= 4 is 5.97 Å². The Labute approximate surface area is 112 Å². The van der Waals surface area contributed by atoms with Crippen molar-refractivity contribution in [2.75, 3.05) is 0 Å². The molecule has 0 aliphatic carbocycles. The van der Waals surface area contributed by atoms with Crippen molar-refractivity contribution in [1.29, 1.82) is 0 Å². The first kappa shape index (κ1) is 14.0. The number of aryl methyl sites for hydroxylation is 1. The number of hydrogen-bond acceptors (Lipinski definition) is 2. The Morgan fingerprint density at radius 2 is 1.95 bits per heavy atom. The lowest BCUT2D eigenvalue weighted by atomic mass is 9.98. The van der Waals surface area contributed by atoms with Gasteiger partial charge in [0.25, 0.3) is 0 Å². The van der Waals surface area contributed by atoms with Gasteiger partial charge in [-0.3, -0.25) is 4.98 Å². The minimum atomic E-state index is -4.60. The molecule has 104 valence electrons. The molecule has 1 aromatic heterocycles. The number of carbonyl (C=O) groups is 1. The lowest BCUT2D eigenvalue weighted by Gasteiger charge is -2.12. The van der Waals surface area contributed by atoms with Gasteiger partial charge in [0.1, 0.15) is 0 Å². The highest BCUT2D eigenvalue weighted by Crippen LogP contribution is 2.34. The molecule has 0 saturated carbocycles. The first-order chi connectivity index (χ1) is 9.29.